The van der Waals surface area contributed by atoms with Crippen LogP contribution in [0.1, 0.15) is 78.8 Å². The number of amides is 1. The minimum absolute atomic E-state index is 0.235. The highest BCUT2D eigenvalue weighted by molar-refractivity contribution is 7.18. The van der Waals surface area contributed by atoms with E-state index in [-0.39, 0.29) is 11.8 Å². The molecule has 0 unspecified atom stereocenters. The SMILES string of the molecule is CC(C)c1cc2nc(C3CCCCC3)sc2cc1NC(=O)c1cnccn1. The van der Waals surface area contributed by atoms with Crippen molar-refractivity contribution < 1.29 is 4.79 Å². The largest absolute Gasteiger partial charge is 0.320 e. The van der Waals surface area contributed by atoms with Crippen LogP contribution in [-0.4, -0.2) is 20.9 Å². The Morgan fingerprint density at radius 1 is 1.19 bits per heavy atom. The molecule has 0 spiro atoms. The zero-order valence-electron chi connectivity index (χ0n) is 15.7. The quantitative estimate of drug-likeness (QED) is 0.648. The molecule has 0 atom stereocenters. The summed E-state index contributed by atoms with van der Waals surface area (Å²) in [5.41, 5.74) is 3.30. The summed E-state index contributed by atoms with van der Waals surface area (Å²) in [7, 11) is 0. The molecule has 1 N–H and O–H groups in total. The first-order chi connectivity index (χ1) is 13.1. The van der Waals surface area contributed by atoms with Crippen molar-refractivity contribution >= 4 is 33.1 Å². The lowest BCUT2D eigenvalue weighted by atomic mass is 9.90. The number of carbonyl (C=O) groups is 1. The van der Waals surface area contributed by atoms with E-state index in [1.165, 1.54) is 49.5 Å². The van der Waals surface area contributed by atoms with Crippen molar-refractivity contribution in [2.45, 2.75) is 57.8 Å². The average molecular weight is 381 g/mol. The van der Waals surface area contributed by atoms with Crippen molar-refractivity contribution in [2.75, 3.05) is 5.32 Å². The molecule has 1 aliphatic rings. The molecule has 3 aromatic rings. The smallest absolute Gasteiger partial charge is 0.275 e. The van der Waals surface area contributed by atoms with Crippen molar-refractivity contribution in [3.05, 3.63) is 47.0 Å². The number of benzene rings is 1. The van der Waals surface area contributed by atoms with Gasteiger partial charge in [0.1, 0.15) is 5.69 Å². The first-order valence-electron chi connectivity index (χ1n) is 9.63. The summed E-state index contributed by atoms with van der Waals surface area (Å²) < 4.78 is 1.13. The lowest BCUT2D eigenvalue weighted by molar-refractivity contribution is 0.102. The summed E-state index contributed by atoms with van der Waals surface area (Å²) >= 11 is 1.77. The van der Waals surface area contributed by atoms with Crippen LogP contribution in [0.5, 0.6) is 0 Å². The van der Waals surface area contributed by atoms with Gasteiger partial charge in [-0.3, -0.25) is 9.78 Å². The molecule has 2 aromatic heterocycles. The van der Waals surface area contributed by atoms with Gasteiger partial charge in [0.15, 0.2) is 0 Å². The van der Waals surface area contributed by atoms with Gasteiger partial charge in [0.2, 0.25) is 0 Å². The van der Waals surface area contributed by atoms with Gasteiger partial charge in [-0.25, -0.2) is 9.97 Å². The Hall–Kier alpha value is -2.34. The predicted molar refractivity (Wildman–Crippen MR) is 110 cm³/mol. The van der Waals surface area contributed by atoms with E-state index < -0.39 is 0 Å². The molecular formula is C21H24N4OS. The van der Waals surface area contributed by atoms with Gasteiger partial charge in [0.05, 0.1) is 21.4 Å². The second-order valence-electron chi connectivity index (χ2n) is 7.49. The molecule has 6 heteroatoms. The number of fused-ring (bicyclic) bond motifs is 1. The number of hydrogen-bond donors (Lipinski definition) is 1. The molecule has 1 fully saturated rings. The van der Waals surface area contributed by atoms with E-state index in [1.54, 1.807) is 17.5 Å². The highest BCUT2D eigenvalue weighted by Crippen LogP contribution is 2.39. The van der Waals surface area contributed by atoms with Crippen LogP contribution in [0.3, 0.4) is 0 Å². The number of aromatic nitrogens is 3. The number of nitrogens with zero attached hydrogens (tertiary/aromatic N) is 3. The Balaban J connectivity index is 1.68. The predicted octanol–water partition coefficient (Wildman–Crippen LogP) is 5.51. The van der Waals surface area contributed by atoms with E-state index in [0.29, 0.717) is 11.6 Å². The van der Waals surface area contributed by atoms with Crippen LogP contribution in [0.4, 0.5) is 5.69 Å². The van der Waals surface area contributed by atoms with Crippen molar-refractivity contribution in [1.82, 2.24) is 15.0 Å². The zero-order valence-corrected chi connectivity index (χ0v) is 16.6. The highest BCUT2D eigenvalue weighted by Gasteiger charge is 2.21. The molecule has 0 radical (unpaired) electrons. The Bertz CT molecular complexity index is 945. The monoisotopic (exact) mass is 380 g/mol. The van der Waals surface area contributed by atoms with E-state index in [4.69, 9.17) is 4.98 Å². The molecule has 0 saturated heterocycles. The summed E-state index contributed by atoms with van der Waals surface area (Å²) in [6.45, 7) is 4.27. The summed E-state index contributed by atoms with van der Waals surface area (Å²) in [5, 5.41) is 4.27. The van der Waals surface area contributed by atoms with Gasteiger partial charge in [-0.1, -0.05) is 33.1 Å². The first-order valence-corrected chi connectivity index (χ1v) is 10.4. The Kier molecular flexibility index (Phi) is 5.16. The molecule has 1 saturated carbocycles. The molecule has 140 valence electrons. The average Bonchev–Trinajstić information content (AvgIpc) is 3.11. The van der Waals surface area contributed by atoms with Crippen molar-refractivity contribution in [3.63, 3.8) is 0 Å². The molecule has 1 aromatic carbocycles. The molecule has 0 bridgehead atoms. The fraction of sp³-hybridized carbons (Fsp3) is 0.429. The van der Waals surface area contributed by atoms with Gasteiger partial charge in [0.25, 0.3) is 5.91 Å². The molecule has 5 nitrogen and oxygen atoms in total. The Morgan fingerprint density at radius 3 is 2.70 bits per heavy atom. The fourth-order valence-electron chi connectivity index (χ4n) is 3.72. The van der Waals surface area contributed by atoms with Crippen LogP contribution in [0, 0.1) is 0 Å². The van der Waals surface area contributed by atoms with Crippen LogP contribution in [0.15, 0.2) is 30.7 Å². The second-order valence-corrected chi connectivity index (χ2v) is 8.56. The minimum Gasteiger partial charge on any atom is -0.320 e. The maximum Gasteiger partial charge on any atom is 0.275 e. The molecule has 1 aliphatic carbocycles. The van der Waals surface area contributed by atoms with Crippen LogP contribution < -0.4 is 5.32 Å². The second kappa shape index (κ2) is 7.72. The van der Waals surface area contributed by atoms with Crippen LogP contribution in [-0.2, 0) is 0 Å². The topological polar surface area (TPSA) is 67.8 Å². The van der Waals surface area contributed by atoms with Crippen LogP contribution in [0.25, 0.3) is 10.2 Å². The number of carbonyl (C=O) groups excluding carboxylic acids is 1. The number of nitrogens with one attached hydrogen (secondary N) is 1. The first kappa shape index (κ1) is 18.0. The van der Waals surface area contributed by atoms with Crippen molar-refractivity contribution in [3.8, 4) is 0 Å². The lowest BCUT2D eigenvalue weighted by Gasteiger charge is -2.18. The van der Waals surface area contributed by atoms with Gasteiger partial charge < -0.3 is 5.32 Å². The van der Waals surface area contributed by atoms with E-state index in [9.17, 15) is 4.79 Å². The Labute approximate surface area is 163 Å². The third-order valence-electron chi connectivity index (χ3n) is 5.20. The van der Waals surface area contributed by atoms with Gasteiger partial charge in [-0.2, -0.15) is 0 Å². The van der Waals surface area contributed by atoms with Crippen molar-refractivity contribution in [1.29, 1.82) is 0 Å². The van der Waals surface area contributed by atoms with Gasteiger partial charge >= 0.3 is 0 Å². The van der Waals surface area contributed by atoms with Gasteiger partial charge in [-0.15, -0.1) is 11.3 Å². The number of rotatable bonds is 4. The summed E-state index contributed by atoms with van der Waals surface area (Å²) in [5.74, 6) is 0.643. The molecule has 0 aliphatic heterocycles. The summed E-state index contributed by atoms with van der Waals surface area (Å²) in [4.78, 5) is 25.6. The van der Waals surface area contributed by atoms with Gasteiger partial charge in [-0.05, 0) is 36.5 Å². The van der Waals surface area contributed by atoms with E-state index in [1.807, 2.05) is 0 Å². The number of anilines is 1. The highest BCUT2D eigenvalue weighted by atomic mass is 32.1. The maximum atomic E-state index is 12.6. The minimum atomic E-state index is -0.235. The lowest BCUT2D eigenvalue weighted by Crippen LogP contribution is -2.15. The third-order valence-corrected chi connectivity index (χ3v) is 6.38. The van der Waals surface area contributed by atoms with Crippen molar-refractivity contribution in [2.24, 2.45) is 0 Å². The molecule has 27 heavy (non-hydrogen) atoms. The molecule has 4 rings (SSSR count). The third kappa shape index (κ3) is 3.86. The van der Waals surface area contributed by atoms with Crippen LogP contribution in [0.2, 0.25) is 0 Å². The molecule has 1 amide bonds. The zero-order chi connectivity index (χ0) is 18.8. The number of thiazole rings is 1. The fourth-order valence-corrected chi connectivity index (χ4v) is 4.88. The van der Waals surface area contributed by atoms with Gasteiger partial charge in [0, 0.05) is 24.0 Å². The van der Waals surface area contributed by atoms with Crippen LogP contribution >= 0.6 is 11.3 Å². The molecular weight excluding hydrogens is 356 g/mol. The summed E-state index contributed by atoms with van der Waals surface area (Å²) in [6.07, 6.45) is 11.0. The Morgan fingerprint density at radius 2 is 2.00 bits per heavy atom. The number of hydrogen-bond acceptors (Lipinski definition) is 5. The molecule has 2 heterocycles. The standard InChI is InChI=1S/C21H24N4OS/c1-13(2)15-10-17-19(27-21(25-17)14-6-4-3-5-7-14)11-16(15)24-20(26)18-12-22-8-9-23-18/h8-14H,3-7H2,1-2H3,(H,24,26). The normalized spacial score (nSPS) is 15.4. The summed E-state index contributed by atoms with van der Waals surface area (Å²) in [6, 6.07) is 4.21. The maximum absolute atomic E-state index is 12.6. The van der Waals surface area contributed by atoms with E-state index in [0.717, 1.165) is 21.5 Å². The van der Waals surface area contributed by atoms with E-state index >= 15 is 0 Å². The van der Waals surface area contributed by atoms with E-state index in [2.05, 4.69) is 41.3 Å².